The van der Waals surface area contributed by atoms with E-state index in [4.69, 9.17) is 6.42 Å². The molecule has 0 saturated heterocycles. The summed E-state index contributed by atoms with van der Waals surface area (Å²) in [6.07, 6.45) is 7.01. The lowest BCUT2D eigenvalue weighted by molar-refractivity contribution is 0.0982. The number of nitrogens with zero attached hydrogens (tertiary/aromatic N) is 2. The van der Waals surface area contributed by atoms with Crippen LogP contribution in [0.3, 0.4) is 0 Å². The standard InChI is InChI=1S/C12H16N2OS/c1-5-6-7-8-9(15)10-11(12(2,3)4)13-14-16-10/h1H,6-8H2,2-4H3. The van der Waals surface area contributed by atoms with Gasteiger partial charge in [0.2, 0.25) is 0 Å². The fourth-order valence-corrected chi connectivity index (χ4v) is 2.17. The lowest BCUT2D eigenvalue weighted by Gasteiger charge is -2.15. The molecule has 0 N–H and O–H groups in total. The lowest BCUT2D eigenvalue weighted by Crippen LogP contribution is -2.16. The van der Waals surface area contributed by atoms with Crippen molar-refractivity contribution >= 4 is 17.3 Å². The third kappa shape index (κ3) is 3.14. The molecule has 0 amide bonds. The number of hydrogen-bond acceptors (Lipinski definition) is 4. The summed E-state index contributed by atoms with van der Waals surface area (Å²) in [6, 6.07) is 0. The van der Waals surface area contributed by atoms with E-state index in [9.17, 15) is 4.79 Å². The molecule has 0 aliphatic heterocycles. The maximum atomic E-state index is 11.9. The van der Waals surface area contributed by atoms with E-state index in [2.05, 4.69) is 15.5 Å². The quantitative estimate of drug-likeness (QED) is 0.458. The second kappa shape index (κ2) is 5.22. The van der Waals surface area contributed by atoms with Crippen LogP contribution in [0.2, 0.25) is 0 Å². The summed E-state index contributed by atoms with van der Waals surface area (Å²) in [5.41, 5.74) is 0.660. The molecule has 0 atom stereocenters. The van der Waals surface area contributed by atoms with Crippen molar-refractivity contribution < 1.29 is 4.79 Å². The van der Waals surface area contributed by atoms with E-state index in [0.29, 0.717) is 17.7 Å². The molecule has 16 heavy (non-hydrogen) atoms. The average molecular weight is 236 g/mol. The molecule has 3 nitrogen and oxygen atoms in total. The number of carbonyl (C=O) groups is 1. The lowest BCUT2D eigenvalue weighted by atomic mass is 9.90. The van der Waals surface area contributed by atoms with Gasteiger partial charge in [-0.15, -0.1) is 17.4 Å². The van der Waals surface area contributed by atoms with Crippen LogP contribution in [0.5, 0.6) is 0 Å². The van der Waals surface area contributed by atoms with E-state index in [1.807, 2.05) is 20.8 Å². The van der Waals surface area contributed by atoms with Crippen LogP contribution >= 0.6 is 11.5 Å². The molecular weight excluding hydrogens is 220 g/mol. The van der Waals surface area contributed by atoms with Gasteiger partial charge in [0.1, 0.15) is 4.88 Å². The number of carbonyl (C=O) groups excluding carboxylic acids is 1. The van der Waals surface area contributed by atoms with Crippen LogP contribution in [0.4, 0.5) is 0 Å². The van der Waals surface area contributed by atoms with Crippen LogP contribution in [0.25, 0.3) is 0 Å². The van der Waals surface area contributed by atoms with Crippen molar-refractivity contribution in [2.75, 3.05) is 0 Å². The summed E-state index contributed by atoms with van der Waals surface area (Å²) in [6.45, 7) is 6.09. The van der Waals surface area contributed by atoms with E-state index >= 15 is 0 Å². The van der Waals surface area contributed by atoms with Crippen molar-refractivity contribution in [3.05, 3.63) is 10.6 Å². The van der Waals surface area contributed by atoms with E-state index in [0.717, 1.165) is 12.1 Å². The molecule has 1 aromatic rings. The molecule has 0 aromatic carbocycles. The second-order valence-corrected chi connectivity index (χ2v) is 5.44. The Hall–Kier alpha value is -1.21. The first-order valence-corrected chi connectivity index (χ1v) is 6.03. The van der Waals surface area contributed by atoms with Gasteiger partial charge >= 0.3 is 0 Å². The first kappa shape index (κ1) is 12.9. The first-order chi connectivity index (χ1) is 7.46. The van der Waals surface area contributed by atoms with Gasteiger partial charge in [-0.25, -0.2) is 0 Å². The second-order valence-electron chi connectivity index (χ2n) is 4.68. The zero-order valence-electron chi connectivity index (χ0n) is 9.91. The maximum absolute atomic E-state index is 11.9. The van der Waals surface area contributed by atoms with Crippen LogP contribution in [0, 0.1) is 12.3 Å². The molecular formula is C12H16N2OS. The summed E-state index contributed by atoms with van der Waals surface area (Å²) in [7, 11) is 0. The molecule has 1 heterocycles. The smallest absolute Gasteiger partial charge is 0.176 e. The topological polar surface area (TPSA) is 42.9 Å². The van der Waals surface area contributed by atoms with E-state index in [-0.39, 0.29) is 11.2 Å². The van der Waals surface area contributed by atoms with Crippen LogP contribution in [0.15, 0.2) is 0 Å². The molecule has 0 aliphatic carbocycles. The van der Waals surface area contributed by atoms with Gasteiger partial charge in [-0.2, -0.15) is 0 Å². The zero-order valence-corrected chi connectivity index (χ0v) is 10.7. The Balaban J connectivity index is 2.77. The molecule has 0 unspecified atom stereocenters. The van der Waals surface area contributed by atoms with Crippen LogP contribution in [0.1, 0.15) is 55.4 Å². The summed E-state index contributed by atoms with van der Waals surface area (Å²) in [4.78, 5) is 12.6. The largest absolute Gasteiger partial charge is 0.293 e. The van der Waals surface area contributed by atoms with Gasteiger partial charge < -0.3 is 0 Å². The normalized spacial score (nSPS) is 11.1. The molecule has 0 fully saturated rings. The van der Waals surface area contributed by atoms with Gasteiger partial charge in [0.05, 0.1) is 5.69 Å². The number of terminal acetylenes is 1. The molecule has 4 heteroatoms. The Morgan fingerprint density at radius 2 is 2.19 bits per heavy atom. The molecule has 86 valence electrons. The van der Waals surface area contributed by atoms with Gasteiger partial charge in [-0.1, -0.05) is 25.3 Å². The van der Waals surface area contributed by atoms with Gasteiger partial charge in [0, 0.05) is 18.3 Å². The number of rotatable bonds is 4. The minimum atomic E-state index is -0.135. The minimum absolute atomic E-state index is 0.107. The van der Waals surface area contributed by atoms with Crippen LogP contribution in [-0.2, 0) is 5.41 Å². The van der Waals surface area contributed by atoms with Crippen molar-refractivity contribution in [2.24, 2.45) is 0 Å². The van der Waals surface area contributed by atoms with Gasteiger partial charge in [0.15, 0.2) is 5.78 Å². The Labute approximate surface area is 100 Å². The highest BCUT2D eigenvalue weighted by molar-refractivity contribution is 7.08. The van der Waals surface area contributed by atoms with Crippen LogP contribution < -0.4 is 0 Å². The minimum Gasteiger partial charge on any atom is -0.293 e. The van der Waals surface area contributed by atoms with Crippen molar-refractivity contribution in [1.29, 1.82) is 0 Å². The summed E-state index contributed by atoms with van der Waals surface area (Å²) in [5.74, 6) is 2.64. The number of unbranched alkanes of at least 4 members (excludes halogenated alkanes) is 1. The molecule has 0 aliphatic rings. The number of Topliss-reactive ketones (excluding diaryl/α,β-unsaturated/α-hetero) is 1. The van der Waals surface area contributed by atoms with Gasteiger partial charge in [-0.05, 0) is 18.0 Å². The highest BCUT2D eigenvalue weighted by Gasteiger charge is 2.25. The fourth-order valence-electron chi connectivity index (χ4n) is 1.33. The third-order valence-electron chi connectivity index (χ3n) is 2.18. The van der Waals surface area contributed by atoms with E-state index < -0.39 is 0 Å². The SMILES string of the molecule is C#CCCCC(=O)c1snnc1C(C)(C)C. The Bertz CT molecular complexity index is 409. The highest BCUT2D eigenvalue weighted by atomic mass is 32.1. The molecule has 0 bridgehead atoms. The number of aromatic nitrogens is 2. The maximum Gasteiger partial charge on any atom is 0.176 e. The monoisotopic (exact) mass is 236 g/mol. The van der Waals surface area contributed by atoms with E-state index in [1.165, 1.54) is 11.5 Å². The summed E-state index contributed by atoms with van der Waals surface area (Å²) in [5, 5.41) is 4.04. The highest BCUT2D eigenvalue weighted by Crippen LogP contribution is 2.26. The first-order valence-electron chi connectivity index (χ1n) is 5.26. The average Bonchev–Trinajstić information content (AvgIpc) is 2.65. The van der Waals surface area contributed by atoms with Crippen LogP contribution in [-0.4, -0.2) is 15.4 Å². The predicted octanol–water partition coefficient (Wildman–Crippen LogP) is 2.82. The van der Waals surface area contributed by atoms with Gasteiger partial charge in [-0.3, -0.25) is 4.79 Å². The van der Waals surface area contributed by atoms with Crippen molar-refractivity contribution in [2.45, 2.75) is 45.4 Å². The Morgan fingerprint density at radius 3 is 2.75 bits per heavy atom. The van der Waals surface area contributed by atoms with E-state index in [1.54, 1.807) is 0 Å². The summed E-state index contributed by atoms with van der Waals surface area (Å²) < 4.78 is 3.87. The van der Waals surface area contributed by atoms with Crippen molar-refractivity contribution in [1.82, 2.24) is 9.59 Å². The zero-order chi connectivity index (χ0) is 12.2. The third-order valence-corrected chi connectivity index (χ3v) is 2.94. The predicted molar refractivity (Wildman–Crippen MR) is 65.6 cm³/mol. The number of ketones is 1. The molecule has 0 spiro atoms. The number of hydrogen-bond donors (Lipinski definition) is 0. The molecule has 1 rings (SSSR count). The summed E-state index contributed by atoms with van der Waals surface area (Å²) >= 11 is 1.18. The van der Waals surface area contributed by atoms with Gasteiger partial charge in [0.25, 0.3) is 0 Å². The van der Waals surface area contributed by atoms with Crippen molar-refractivity contribution in [3.8, 4) is 12.3 Å². The van der Waals surface area contributed by atoms with Crippen molar-refractivity contribution in [3.63, 3.8) is 0 Å². The Kier molecular flexibility index (Phi) is 4.19. The fraction of sp³-hybridized carbons (Fsp3) is 0.583. The molecule has 0 radical (unpaired) electrons. The molecule has 1 aromatic heterocycles. The Morgan fingerprint density at radius 1 is 1.50 bits per heavy atom. The molecule has 0 saturated carbocycles.